The molecule has 0 radical (unpaired) electrons. The highest BCUT2D eigenvalue weighted by Crippen LogP contribution is 2.47. The van der Waals surface area contributed by atoms with E-state index >= 15 is 0 Å². The molecule has 80 valence electrons. The van der Waals surface area contributed by atoms with E-state index in [1.54, 1.807) is 0 Å². The molecule has 0 aromatic heterocycles. The fourth-order valence-corrected chi connectivity index (χ4v) is 0.899. The van der Waals surface area contributed by atoms with Crippen LogP contribution in [0, 0.1) is 20.2 Å². The van der Waals surface area contributed by atoms with Crippen molar-refractivity contribution in [3.8, 4) is 17.2 Å². The predicted octanol–water partition coefficient (Wildman–Crippen LogP) is 0.620. The predicted molar refractivity (Wildman–Crippen MR) is 44.7 cm³/mol. The van der Waals surface area contributed by atoms with Gasteiger partial charge in [-0.25, -0.2) is 0 Å². The Morgan fingerprint density at radius 2 is 1.20 bits per heavy atom. The minimum absolute atomic E-state index is 0.352. The van der Waals surface area contributed by atoms with E-state index < -0.39 is 38.5 Å². The van der Waals surface area contributed by atoms with Gasteiger partial charge in [0.2, 0.25) is 17.2 Å². The Balaban J connectivity index is 3.59. The van der Waals surface area contributed by atoms with Gasteiger partial charge in [-0.2, -0.15) is 0 Å². The van der Waals surface area contributed by atoms with Crippen molar-refractivity contribution < 1.29 is 25.2 Å². The van der Waals surface area contributed by atoms with E-state index in [2.05, 4.69) is 0 Å². The lowest BCUT2D eigenvalue weighted by Crippen LogP contribution is -1.94. The van der Waals surface area contributed by atoms with E-state index in [9.17, 15) is 20.2 Å². The van der Waals surface area contributed by atoms with Crippen LogP contribution in [0.1, 0.15) is 0 Å². The quantitative estimate of drug-likeness (QED) is 0.372. The number of hydrogen-bond donors (Lipinski definition) is 3. The van der Waals surface area contributed by atoms with Gasteiger partial charge in [-0.3, -0.25) is 20.2 Å². The van der Waals surface area contributed by atoms with Crippen LogP contribution in [0.5, 0.6) is 17.2 Å². The normalized spacial score (nSPS) is 9.87. The van der Waals surface area contributed by atoms with Crippen LogP contribution in [0.3, 0.4) is 0 Å². The smallest absolute Gasteiger partial charge is 0.321 e. The lowest BCUT2D eigenvalue weighted by atomic mass is 10.2. The van der Waals surface area contributed by atoms with Crippen molar-refractivity contribution in [2.24, 2.45) is 0 Å². The molecule has 0 saturated carbocycles. The highest BCUT2D eigenvalue weighted by atomic mass is 16.6. The molecule has 15 heavy (non-hydrogen) atoms. The summed E-state index contributed by atoms with van der Waals surface area (Å²) in [5.74, 6) is -3.73. The Kier molecular flexibility index (Phi) is 2.30. The van der Waals surface area contributed by atoms with Gasteiger partial charge in [0.1, 0.15) is 6.07 Å². The molecule has 0 fully saturated rings. The van der Waals surface area contributed by atoms with E-state index in [0.29, 0.717) is 6.07 Å². The summed E-state index contributed by atoms with van der Waals surface area (Å²) in [4.78, 5) is 18.3. The second kappa shape index (κ2) is 3.29. The molecule has 0 bridgehead atoms. The SMILES string of the molecule is O=[N+]([O-])c1cc([N+](=O)[O-])c(O)c(O)c1O. The first-order chi connectivity index (χ1) is 6.86. The van der Waals surface area contributed by atoms with Crippen LogP contribution in [0.15, 0.2) is 6.07 Å². The molecule has 0 heterocycles. The van der Waals surface area contributed by atoms with Crippen LogP contribution in [0.4, 0.5) is 11.4 Å². The van der Waals surface area contributed by atoms with Gasteiger partial charge in [0.25, 0.3) is 0 Å². The van der Waals surface area contributed by atoms with Crippen LogP contribution < -0.4 is 0 Å². The van der Waals surface area contributed by atoms with Gasteiger partial charge in [0, 0.05) is 0 Å². The van der Waals surface area contributed by atoms with E-state index in [1.807, 2.05) is 0 Å². The molecule has 0 saturated heterocycles. The Morgan fingerprint density at radius 3 is 1.47 bits per heavy atom. The molecule has 0 aliphatic carbocycles. The third kappa shape index (κ3) is 1.57. The monoisotopic (exact) mass is 216 g/mol. The lowest BCUT2D eigenvalue weighted by molar-refractivity contribution is -0.395. The van der Waals surface area contributed by atoms with E-state index in [0.717, 1.165) is 0 Å². The zero-order valence-electron chi connectivity index (χ0n) is 6.95. The summed E-state index contributed by atoms with van der Waals surface area (Å²) in [6.45, 7) is 0. The van der Waals surface area contributed by atoms with Crippen molar-refractivity contribution >= 4 is 11.4 Å². The highest BCUT2D eigenvalue weighted by molar-refractivity contribution is 5.69. The summed E-state index contributed by atoms with van der Waals surface area (Å²) < 4.78 is 0. The second-order valence-corrected chi connectivity index (χ2v) is 2.47. The molecule has 3 N–H and O–H groups in total. The van der Waals surface area contributed by atoms with Gasteiger partial charge in [0.05, 0.1) is 9.85 Å². The number of aromatic hydroxyl groups is 3. The van der Waals surface area contributed by atoms with Crippen LogP contribution in [-0.2, 0) is 0 Å². The zero-order chi connectivity index (χ0) is 11.7. The molecule has 9 nitrogen and oxygen atoms in total. The summed E-state index contributed by atoms with van der Waals surface area (Å²) >= 11 is 0. The number of rotatable bonds is 2. The average Bonchev–Trinajstić information content (AvgIpc) is 2.13. The molecular formula is C6H4N2O7. The third-order valence-electron chi connectivity index (χ3n) is 1.60. The second-order valence-electron chi connectivity index (χ2n) is 2.47. The standard InChI is InChI=1S/C6H4N2O7/c9-4-2(7(12)13)1-3(8(14)15)5(10)6(4)11/h1,9-11H. The van der Waals surface area contributed by atoms with Crippen molar-refractivity contribution in [3.63, 3.8) is 0 Å². The van der Waals surface area contributed by atoms with Crippen molar-refractivity contribution in [3.05, 3.63) is 26.3 Å². The molecule has 0 spiro atoms. The first kappa shape index (κ1) is 10.5. The molecular weight excluding hydrogens is 212 g/mol. The minimum atomic E-state index is -1.30. The van der Waals surface area contributed by atoms with Gasteiger partial charge in [-0.05, 0) is 0 Å². The maximum absolute atomic E-state index is 10.3. The number of nitro benzene ring substituents is 2. The van der Waals surface area contributed by atoms with Crippen LogP contribution in [0.2, 0.25) is 0 Å². The third-order valence-corrected chi connectivity index (χ3v) is 1.60. The van der Waals surface area contributed by atoms with Crippen LogP contribution in [0.25, 0.3) is 0 Å². The van der Waals surface area contributed by atoms with Gasteiger partial charge >= 0.3 is 11.4 Å². The molecule has 9 heteroatoms. The maximum atomic E-state index is 10.3. The fraction of sp³-hybridized carbons (Fsp3) is 0. The minimum Gasteiger partial charge on any atom is -0.501 e. The van der Waals surface area contributed by atoms with E-state index in [-0.39, 0.29) is 0 Å². The number of nitrogens with zero attached hydrogens (tertiary/aromatic N) is 2. The van der Waals surface area contributed by atoms with Gasteiger partial charge in [-0.1, -0.05) is 0 Å². The summed E-state index contributed by atoms with van der Waals surface area (Å²) in [7, 11) is 0. The van der Waals surface area contributed by atoms with Crippen molar-refractivity contribution in [1.29, 1.82) is 0 Å². The molecule has 0 aliphatic rings. The Morgan fingerprint density at radius 1 is 0.867 bits per heavy atom. The first-order valence-electron chi connectivity index (χ1n) is 3.43. The summed E-state index contributed by atoms with van der Waals surface area (Å²) in [6, 6.07) is 0.352. The first-order valence-corrected chi connectivity index (χ1v) is 3.43. The number of benzene rings is 1. The van der Waals surface area contributed by atoms with E-state index in [4.69, 9.17) is 15.3 Å². The lowest BCUT2D eigenvalue weighted by Gasteiger charge is -2.01. The number of phenols is 3. The summed E-state index contributed by atoms with van der Waals surface area (Å²) in [5, 5.41) is 47.5. The number of phenolic OH excluding ortho intramolecular Hbond substituents is 3. The number of hydrogen-bond acceptors (Lipinski definition) is 7. The molecule has 0 aliphatic heterocycles. The zero-order valence-corrected chi connectivity index (χ0v) is 6.95. The van der Waals surface area contributed by atoms with Gasteiger partial charge < -0.3 is 15.3 Å². The summed E-state index contributed by atoms with van der Waals surface area (Å²) in [6.07, 6.45) is 0. The molecule has 0 atom stereocenters. The van der Waals surface area contributed by atoms with Crippen molar-refractivity contribution in [2.45, 2.75) is 0 Å². The molecule has 0 amide bonds. The largest absolute Gasteiger partial charge is 0.501 e. The van der Waals surface area contributed by atoms with Crippen LogP contribution >= 0.6 is 0 Å². The molecule has 1 aromatic carbocycles. The summed E-state index contributed by atoms with van der Waals surface area (Å²) in [5.41, 5.74) is -2.12. The Bertz CT molecular complexity index is 417. The number of nitro groups is 2. The fourth-order valence-electron chi connectivity index (χ4n) is 0.899. The van der Waals surface area contributed by atoms with Gasteiger partial charge in [0.15, 0.2) is 0 Å². The average molecular weight is 216 g/mol. The highest BCUT2D eigenvalue weighted by Gasteiger charge is 2.29. The van der Waals surface area contributed by atoms with E-state index in [1.165, 1.54) is 0 Å². The van der Waals surface area contributed by atoms with Crippen molar-refractivity contribution in [2.75, 3.05) is 0 Å². The Labute approximate surface area is 81.1 Å². The Hall–Kier alpha value is -2.58. The molecule has 0 unspecified atom stereocenters. The van der Waals surface area contributed by atoms with Crippen molar-refractivity contribution in [1.82, 2.24) is 0 Å². The van der Waals surface area contributed by atoms with Crippen LogP contribution in [-0.4, -0.2) is 25.2 Å². The topological polar surface area (TPSA) is 147 Å². The van der Waals surface area contributed by atoms with Gasteiger partial charge in [-0.15, -0.1) is 0 Å². The molecule has 1 aromatic rings. The maximum Gasteiger partial charge on any atom is 0.321 e. The molecule has 1 rings (SSSR count).